The molecular weight excluding hydrogens is 187 g/mol. The maximum atomic E-state index is 12.6. The van der Waals surface area contributed by atoms with Crippen molar-refractivity contribution in [3.8, 4) is 0 Å². The summed E-state index contributed by atoms with van der Waals surface area (Å²) in [5.74, 6) is -1.52. The molecular formula is C5H6F3N5. The first-order chi connectivity index (χ1) is 6.00. The van der Waals surface area contributed by atoms with Crippen molar-refractivity contribution >= 4 is 11.9 Å². The standard InChI is InChI=1S/C5H6F3N5/c6-1(2(7)8)3-11-4(9)13-5(10)12-3/h1-2H,(H4,9,10,11,12,13). The molecule has 0 aliphatic rings. The van der Waals surface area contributed by atoms with E-state index in [2.05, 4.69) is 15.0 Å². The van der Waals surface area contributed by atoms with Crippen LogP contribution in [0.5, 0.6) is 0 Å². The van der Waals surface area contributed by atoms with Gasteiger partial charge in [0.05, 0.1) is 0 Å². The van der Waals surface area contributed by atoms with Crippen LogP contribution in [0.25, 0.3) is 0 Å². The highest BCUT2D eigenvalue weighted by atomic mass is 19.3. The zero-order valence-corrected chi connectivity index (χ0v) is 6.28. The average Bonchev–Trinajstić information content (AvgIpc) is 2.01. The van der Waals surface area contributed by atoms with Gasteiger partial charge < -0.3 is 11.5 Å². The third-order valence-corrected chi connectivity index (χ3v) is 1.16. The molecule has 0 aliphatic heterocycles. The molecule has 1 aromatic rings. The van der Waals surface area contributed by atoms with Gasteiger partial charge in [-0.3, -0.25) is 0 Å². The molecule has 0 spiro atoms. The van der Waals surface area contributed by atoms with E-state index in [0.29, 0.717) is 0 Å². The molecule has 0 radical (unpaired) electrons. The predicted octanol–water partition coefficient (Wildman–Crippen LogP) is 0.312. The largest absolute Gasteiger partial charge is 0.368 e. The lowest BCUT2D eigenvalue weighted by atomic mass is 10.4. The van der Waals surface area contributed by atoms with Crippen molar-refractivity contribution in [2.75, 3.05) is 11.5 Å². The Labute approximate surface area is 71.0 Å². The van der Waals surface area contributed by atoms with Crippen LogP contribution >= 0.6 is 0 Å². The van der Waals surface area contributed by atoms with Crippen LogP contribution in [0.2, 0.25) is 0 Å². The summed E-state index contributed by atoms with van der Waals surface area (Å²) in [5, 5.41) is 0. The summed E-state index contributed by atoms with van der Waals surface area (Å²) >= 11 is 0. The van der Waals surface area contributed by atoms with E-state index < -0.39 is 18.4 Å². The number of nitrogen functional groups attached to an aromatic ring is 2. The lowest BCUT2D eigenvalue weighted by Crippen LogP contribution is -2.12. The van der Waals surface area contributed by atoms with Gasteiger partial charge in [0.1, 0.15) is 0 Å². The molecule has 0 saturated heterocycles. The van der Waals surface area contributed by atoms with Crippen LogP contribution in [0.1, 0.15) is 12.0 Å². The van der Waals surface area contributed by atoms with Crippen LogP contribution in [-0.2, 0) is 0 Å². The highest BCUT2D eigenvalue weighted by Gasteiger charge is 2.25. The van der Waals surface area contributed by atoms with Crippen molar-refractivity contribution in [1.82, 2.24) is 15.0 Å². The van der Waals surface area contributed by atoms with Crippen LogP contribution in [-0.4, -0.2) is 21.4 Å². The molecule has 1 atom stereocenters. The Bertz CT molecular complexity index is 284. The summed E-state index contributed by atoms with van der Waals surface area (Å²) in [5.41, 5.74) is 10.1. The van der Waals surface area contributed by atoms with E-state index in [9.17, 15) is 13.2 Å². The summed E-state index contributed by atoms with van der Waals surface area (Å²) in [6, 6.07) is 0. The van der Waals surface area contributed by atoms with Gasteiger partial charge in [0.2, 0.25) is 18.1 Å². The highest BCUT2D eigenvalue weighted by Crippen LogP contribution is 2.21. The van der Waals surface area contributed by atoms with E-state index in [1.807, 2.05) is 0 Å². The van der Waals surface area contributed by atoms with Gasteiger partial charge in [-0.25, -0.2) is 13.2 Å². The molecule has 1 aromatic heterocycles. The van der Waals surface area contributed by atoms with E-state index in [4.69, 9.17) is 11.5 Å². The third kappa shape index (κ3) is 2.17. The van der Waals surface area contributed by atoms with Gasteiger partial charge in [-0.2, -0.15) is 15.0 Å². The van der Waals surface area contributed by atoms with E-state index in [-0.39, 0.29) is 11.9 Å². The minimum Gasteiger partial charge on any atom is -0.368 e. The molecule has 0 fully saturated rings. The SMILES string of the molecule is Nc1nc(N)nc(C(F)C(F)F)n1. The second-order valence-electron chi connectivity index (χ2n) is 2.15. The van der Waals surface area contributed by atoms with Crippen LogP contribution in [0, 0.1) is 0 Å². The number of hydrogen-bond donors (Lipinski definition) is 2. The van der Waals surface area contributed by atoms with Crippen LogP contribution < -0.4 is 11.5 Å². The molecule has 0 aliphatic carbocycles. The first-order valence-electron chi connectivity index (χ1n) is 3.20. The van der Waals surface area contributed by atoms with E-state index >= 15 is 0 Å². The summed E-state index contributed by atoms with van der Waals surface area (Å²) < 4.78 is 36.2. The first-order valence-corrected chi connectivity index (χ1v) is 3.20. The van der Waals surface area contributed by atoms with Crippen molar-refractivity contribution in [3.05, 3.63) is 5.82 Å². The van der Waals surface area contributed by atoms with E-state index in [0.717, 1.165) is 0 Å². The lowest BCUT2D eigenvalue weighted by molar-refractivity contribution is 0.0448. The highest BCUT2D eigenvalue weighted by molar-refractivity contribution is 5.26. The number of alkyl halides is 3. The fourth-order valence-electron chi connectivity index (χ4n) is 0.663. The van der Waals surface area contributed by atoms with Crippen molar-refractivity contribution in [2.45, 2.75) is 12.6 Å². The fourth-order valence-corrected chi connectivity index (χ4v) is 0.663. The Kier molecular flexibility index (Phi) is 2.49. The number of hydrogen-bond acceptors (Lipinski definition) is 5. The van der Waals surface area contributed by atoms with Gasteiger partial charge in [0.15, 0.2) is 5.82 Å². The summed E-state index contributed by atoms with van der Waals surface area (Å²) in [7, 11) is 0. The van der Waals surface area contributed by atoms with Crippen molar-refractivity contribution in [1.29, 1.82) is 0 Å². The maximum absolute atomic E-state index is 12.6. The quantitative estimate of drug-likeness (QED) is 0.705. The molecule has 1 heterocycles. The van der Waals surface area contributed by atoms with Gasteiger partial charge in [0.25, 0.3) is 6.43 Å². The Morgan fingerprint density at radius 3 is 1.77 bits per heavy atom. The Morgan fingerprint density at radius 2 is 1.38 bits per heavy atom. The first kappa shape index (κ1) is 9.49. The summed E-state index contributed by atoms with van der Waals surface area (Å²) in [4.78, 5) is 9.65. The Balaban J connectivity index is 3.01. The van der Waals surface area contributed by atoms with Crippen molar-refractivity contribution < 1.29 is 13.2 Å². The maximum Gasteiger partial charge on any atom is 0.276 e. The van der Waals surface area contributed by atoms with Gasteiger partial charge in [0, 0.05) is 0 Å². The monoisotopic (exact) mass is 193 g/mol. The van der Waals surface area contributed by atoms with Gasteiger partial charge >= 0.3 is 0 Å². The van der Waals surface area contributed by atoms with Crippen LogP contribution in [0.4, 0.5) is 25.1 Å². The Hall–Kier alpha value is -1.60. The fraction of sp³-hybridized carbons (Fsp3) is 0.400. The molecule has 1 rings (SSSR count). The van der Waals surface area contributed by atoms with Crippen molar-refractivity contribution in [3.63, 3.8) is 0 Å². The number of aromatic nitrogens is 3. The Morgan fingerprint density at radius 1 is 0.923 bits per heavy atom. The lowest BCUT2D eigenvalue weighted by Gasteiger charge is -2.05. The smallest absolute Gasteiger partial charge is 0.276 e. The molecule has 0 aromatic carbocycles. The van der Waals surface area contributed by atoms with Crippen LogP contribution in [0.15, 0.2) is 0 Å². The topological polar surface area (TPSA) is 90.7 Å². The summed E-state index contributed by atoms with van der Waals surface area (Å²) in [6.45, 7) is 0. The zero-order valence-electron chi connectivity index (χ0n) is 6.28. The molecule has 1 unspecified atom stereocenters. The number of nitrogens with two attached hydrogens (primary N) is 2. The summed E-state index contributed by atoms with van der Waals surface area (Å²) in [6.07, 6.45) is -5.80. The van der Waals surface area contributed by atoms with Crippen molar-refractivity contribution in [2.24, 2.45) is 0 Å². The van der Waals surface area contributed by atoms with Gasteiger partial charge in [-0.1, -0.05) is 0 Å². The number of rotatable bonds is 2. The molecule has 8 heteroatoms. The van der Waals surface area contributed by atoms with E-state index in [1.165, 1.54) is 0 Å². The average molecular weight is 193 g/mol. The normalized spacial score (nSPS) is 13.2. The number of halogens is 3. The van der Waals surface area contributed by atoms with E-state index in [1.54, 1.807) is 0 Å². The van der Waals surface area contributed by atoms with Gasteiger partial charge in [-0.05, 0) is 0 Å². The molecule has 4 N–H and O–H groups in total. The predicted molar refractivity (Wildman–Crippen MR) is 38.5 cm³/mol. The second kappa shape index (κ2) is 3.42. The minimum absolute atomic E-state index is 0.384. The zero-order chi connectivity index (χ0) is 10.0. The third-order valence-electron chi connectivity index (χ3n) is 1.16. The van der Waals surface area contributed by atoms with Crippen LogP contribution in [0.3, 0.4) is 0 Å². The molecule has 0 bridgehead atoms. The number of nitrogens with zero attached hydrogens (tertiary/aromatic N) is 3. The minimum atomic E-state index is -3.21. The van der Waals surface area contributed by atoms with Gasteiger partial charge in [-0.15, -0.1) is 0 Å². The molecule has 72 valence electrons. The number of anilines is 2. The molecule has 0 amide bonds. The second-order valence-corrected chi connectivity index (χ2v) is 2.15. The molecule has 13 heavy (non-hydrogen) atoms. The molecule has 0 saturated carbocycles. The molecule has 5 nitrogen and oxygen atoms in total.